The number of anilines is 2. The SMILES string of the molecule is Cc1ccc(NC(=O)CC(C)C)c(N)c1. The molecule has 0 saturated carbocycles. The molecule has 0 atom stereocenters. The van der Waals surface area contributed by atoms with Gasteiger partial charge in [0, 0.05) is 6.42 Å². The minimum Gasteiger partial charge on any atom is -0.397 e. The summed E-state index contributed by atoms with van der Waals surface area (Å²) in [6.07, 6.45) is 0.521. The fraction of sp³-hybridized carbons (Fsp3) is 0.417. The van der Waals surface area contributed by atoms with Crippen LogP contribution in [0.4, 0.5) is 11.4 Å². The number of rotatable bonds is 3. The zero-order valence-corrected chi connectivity index (χ0v) is 9.50. The molecule has 0 fully saturated rings. The van der Waals surface area contributed by atoms with Crippen molar-refractivity contribution in [3.8, 4) is 0 Å². The Hall–Kier alpha value is -1.51. The van der Waals surface area contributed by atoms with Crippen molar-refractivity contribution in [2.24, 2.45) is 5.92 Å². The number of carbonyl (C=O) groups excluding carboxylic acids is 1. The summed E-state index contributed by atoms with van der Waals surface area (Å²) >= 11 is 0. The van der Waals surface area contributed by atoms with Crippen LogP contribution < -0.4 is 11.1 Å². The third-order valence-electron chi connectivity index (χ3n) is 2.07. The lowest BCUT2D eigenvalue weighted by molar-refractivity contribution is -0.116. The number of hydrogen-bond donors (Lipinski definition) is 2. The molecule has 1 amide bonds. The summed E-state index contributed by atoms with van der Waals surface area (Å²) in [4.78, 5) is 11.5. The Bertz CT molecular complexity index is 359. The molecule has 0 heterocycles. The molecule has 82 valence electrons. The van der Waals surface area contributed by atoms with Gasteiger partial charge in [0.2, 0.25) is 5.91 Å². The zero-order valence-electron chi connectivity index (χ0n) is 9.50. The Morgan fingerprint density at radius 2 is 2.13 bits per heavy atom. The van der Waals surface area contributed by atoms with Gasteiger partial charge >= 0.3 is 0 Å². The van der Waals surface area contributed by atoms with Crippen LogP contribution in [0.5, 0.6) is 0 Å². The lowest BCUT2D eigenvalue weighted by atomic mass is 10.1. The van der Waals surface area contributed by atoms with Gasteiger partial charge in [-0.25, -0.2) is 0 Å². The van der Waals surface area contributed by atoms with Gasteiger partial charge in [-0.1, -0.05) is 19.9 Å². The van der Waals surface area contributed by atoms with Gasteiger partial charge in [-0.15, -0.1) is 0 Å². The fourth-order valence-corrected chi connectivity index (χ4v) is 1.37. The second-order valence-electron chi connectivity index (χ2n) is 4.24. The van der Waals surface area contributed by atoms with Gasteiger partial charge in [-0.2, -0.15) is 0 Å². The topological polar surface area (TPSA) is 55.1 Å². The van der Waals surface area contributed by atoms with Crippen molar-refractivity contribution >= 4 is 17.3 Å². The van der Waals surface area contributed by atoms with Crippen molar-refractivity contribution in [1.29, 1.82) is 0 Å². The molecule has 3 N–H and O–H groups in total. The van der Waals surface area contributed by atoms with E-state index in [0.29, 0.717) is 23.7 Å². The van der Waals surface area contributed by atoms with E-state index in [1.165, 1.54) is 0 Å². The molecule has 0 bridgehead atoms. The number of nitrogens with one attached hydrogen (secondary N) is 1. The Labute approximate surface area is 90.7 Å². The van der Waals surface area contributed by atoms with Crippen molar-refractivity contribution in [1.82, 2.24) is 0 Å². The highest BCUT2D eigenvalue weighted by Gasteiger charge is 2.06. The number of nitrogens with two attached hydrogens (primary N) is 1. The van der Waals surface area contributed by atoms with E-state index in [-0.39, 0.29) is 5.91 Å². The number of aryl methyl sites for hydroxylation is 1. The third kappa shape index (κ3) is 3.62. The number of benzene rings is 1. The Kier molecular flexibility index (Phi) is 3.72. The Morgan fingerprint density at radius 3 is 2.67 bits per heavy atom. The summed E-state index contributed by atoms with van der Waals surface area (Å²) in [7, 11) is 0. The number of nitrogen functional groups attached to an aromatic ring is 1. The van der Waals surface area contributed by atoms with Crippen LogP contribution >= 0.6 is 0 Å². The first-order valence-electron chi connectivity index (χ1n) is 5.15. The van der Waals surface area contributed by atoms with E-state index < -0.39 is 0 Å². The van der Waals surface area contributed by atoms with Gasteiger partial charge in [0.05, 0.1) is 11.4 Å². The molecule has 0 unspecified atom stereocenters. The maximum atomic E-state index is 11.5. The summed E-state index contributed by atoms with van der Waals surface area (Å²) in [6.45, 7) is 5.99. The molecule has 1 rings (SSSR count). The van der Waals surface area contributed by atoms with Crippen LogP contribution in [0.2, 0.25) is 0 Å². The number of amides is 1. The van der Waals surface area contributed by atoms with Crippen molar-refractivity contribution in [2.45, 2.75) is 27.2 Å². The second-order valence-corrected chi connectivity index (χ2v) is 4.24. The van der Waals surface area contributed by atoms with Crippen LogP contribution in [-0.2, 0) is 4.79 Å². The van der Waals surface area contributed by atoms with Gasteiger partial charge in [0.15, 0.2) is 0 Å². The van der Waals surface area contributed by atoms with E-state index >= 15 is 0 Å². The van der Waals surface area contributed by atoms with E-state index in [1.807, 2.05) is 39.0 Å². The van der Waals surface area contributed by atoms with E-state index in [1.54, 1.807) is 0 Å². The highest BCUT2D eigenvalue weighted by molar-refractivity contribution is 5.93. The molecule has 1 aromatic rings. The van der Waals surface area contributed by atoms with Crippen LogP contribution in [0, 0.1) is 12.8 Å². The average Bonchev–Trinajstić information content (AvgIpc) is 2.08. The highest BCUT2D eigenvalue weighted by atomic mass is 16.1. The van der Waals surface area contributed by atoms with Crippen LogP contribution in [-0.4, -0.2) is 5.91 Å². The predicted molar refractivity (Wildman–Crippen MR) is 63.7 cm³/mol. The lowest BCUT2D eigenvalue weighted by Crippen LogP contribution is -2.14. The molecule has 0 radical (unpaired) electrons. The molecule has 0 aliphatic rings. The summed E-state index contributed by atoms with van der Waals surface area (Å²) in [5.41, 5.74) is 8.20. The van der Waals surface area contributed by atoms with Gasteiger partial charge in [0.1, 0.15) is 0 Å². The van der Waals surface area contributed by atoms with Gasteiger partial charge in [-0.05, 0) is 30.5 Å². The lowest BCUT2D eigenvalue weighted by Gasteiger charge is -2.09. The fourth-order valence-electron chi connectivity index (χ4n) is 1.37. The number of carbonyl (C=O) groups is 1. The normalized spacial score (nSPS) is 10.4. The standard InChI is InChI=1S/C12H18N2O/c1-8(2)6-12(15)14-11-5-4-9(3)7-10(11)13/h4-5,7-8H,6,13H2,1-3H3,(H,14,15). The quantitative estimate of drug-likeness (QED) is 0.747. The monoisotopic (exact) mass is 206 g/mol. The molecule has 0 spiro atoms. The third-order valence-corrected chi connectivity index (χ3v) is 2.07. The summed E-state index contributed by atoms with van der Waals surface area (Å²) in [5.74, 6) is 0.372. The first-order valence-corrected chi connectivity index (χ1v) is 5.15. The predicted octanol–water partition coefficient (Wildman–Crippen LogP) is 2.56. The summed E-state index contributed by atoms with van der Waals surface area (Å²) in [6, 6.07) is 5.62. The minimum atomic E-state index is 0.0144. The van der Waals surface area contributed by atoms with Crippen LogP contribution in [0.1, 0.15) is 25.8 Å². The molecular formula is C12H18N2O. The molecule has 3 heteroatoms. The summed E-state index contributed by atoms with van der Waals surface area (Å²) < 4.78 is 0. The first-order chi connectivity index (χ1) is 6.99. The van der Waals surface area contributed by atoms with Gasteiger partial charge in [-0.3, -0.25) is 4.79 Å². The highest BCUT2D eigenvalue weighted by Crippen LogP contribution is 2.19. The Morgan fingerprint density at radius 1 is 1.47 bits per heavy atom. The maximum Gasteiger partial charge on any atom is 0.224 e. The van der Waals surface area contributed by atoms with Crippen molar-refractivity contribution in [3.63, 3.8) is 0 Å². The molecular weight excluding hydrogens is 188 g/mol. The average molecular weight is 206 g/mol. The Balaban J connectivity index is 2.68. The first kappa shape index (κ1) is 11.6. The van der Waals surface area contributed by atoms with E-state index in [2.05, 4.69) is 5.32 Å². The molecule has 1 aromatic carbocycles. The molecule has 0 aliphatic heterocycles. The molecule has 3 nitrogen and oxygen atoms in total. The van der Waals surface area contributed by atoms with E-state index in [9.17, 15) is 4.79 Å². The number of hydrogen-bond acceptors (Lipinski definition) is 2. The van der Waals surface area contributed by atoms with Crippen molar-refractivity contribution in [2.75, 3.05) is 11.1 Å². The zero-order chi connectivity index (χ0) is 11.4. The molecule has 0 saturated heterocycles. The summed E-state index contributed by atoms with van der Waals surface area (Å²) in [5, 5.41) is 2.80. The van der Waals surface area contributed by atoms with Crippen molar-refractivity contribution in [3.05, 3.63) is 23.8 Å². The van der Waals surface area contributed by atoms with Crippen LogP contribution in [0.25, 0.3) is 0 Å². The van der Waals surface area contributed by atoms with Gasteiger partial charge < -0.3 is 11.1 Å². The molecule has 15 heavy (non-hydrogen) atoms. The van der Waals surface area contributed by atoms with Crippen LogP contribution in [0.3, 0.4) is 0 Å². The minimum absolute atomic E-state index is 0.0144. The van der Waals surface area contributed by atoms with Crippen molar-refractivity contribution < 1.29 is 4.79 Å². The van der Waals surface area contributed by atoms with E-state index in [0.717, 1.165) is 5.56 Å². The van der Waals surface area contributed by atoms with Gasteiger partial charge in [0.25, 0.3) is 0 Å². The second kappa shape index (κ2) is 4.82. The largest absolute Gasteiger partial charge is 0.397 e. The van der Waals surface area contributed by atoms with Crippen LogP contribution in [0.15, 0.2) is 18.2 Å². The molecule has 0 aromatic heterocycles. The smallest absolute Gasteiger partial charge is 0.224 e. The molecule has 0 aliphatic carbocycles. The van der Waals surface area contributed by atoms with E-state index in [4.69, 9.17) is 5.73 Å². The maximum absolute atomic E-state index is 11.5.